The van der Waals surface area contributed by atoms with Gasteiger partial charge in [-0.2, -0.15) is 5.10 Å². The third-order valence-corrected chi connectivity index (χ3v) is 3.58. The lowest BCUT2D eigenvalue weighted by molar-refractivity contribution is 0.307. The molecule has 1 aromatic heterocycles. The van der Waals surface area contributed by atoms with E-state index in [4.69, 9.17) is 22.1 Å². The van der Waals surface area contributed by atoms with Crippen LogP contribution in [0.15, 0.2) is 22.7 Å². The van der Waals surface area contributed by atoms with Crippen molar-refractivity contribution in [1.29, 1.82) is 0 Å². The minimum atomic E-state index is 0.352. The van der Waals surface area contributed by atoms with Crippen molar-refractivity contribution in [2.24, 2.45) is 7.05 Å². The number of hydrogen-bond acceptors (Lipinski definition) is 3. The summed E-state index contributed by atoms with van der Waals surface area (Å²) in [6.45, 7) is 2.25. The Bertz CT molecular complexity index is 583. The molecular weight excluding hydrogens is 318 g/mol. The molecule has 2 N–H and O–H groups in total. The first-order chi connectivity index (χ1) is 8.49. The monoisotopic (exact) mass is 329 g/mol. The topological polar surface area (TPSA) is 53.1 Å². The van der Waals surface area contributed by atoms with Gasteiger partial charge in [-0.15, -0.1) is 0 Å². The average molecular weight is 331 g/mol. The first-order valence-electron chi connectivity index (χ1n) is 5.35. The second-order valence-electron chi connectivity index (χ2n) is 3.95. The maximum atomic E-state index is 6.13. The number of halogens is 2. The quantitative estimate of drug-likeness (QED) is 0.879. The van der Waals surface area contributed by atoms with Crippen LogP contribution < -0.4 is 10.5 Å². The van der Waals surface area contributed by atoms with Crippen molar-refractivity contribution in [3.05, 3.63) is 39.1 Å². The van der Waals surface area contributed by atoms with Crippen LogP contribution in [0.1, 0.15) is 11.3 Å². The van der Waals surface area contributed by atoms with Gasteiger partial charge in [0, 0.05) is 17.1 Å². The highest BCUT2D eigenvalue weighted by Gasteiger charge is 2.12. The molecule has 0 unspecified atom stereocenters. The van der Waals surface area contributed by atoms with E-state index in [9.17, 15) is 0 Å². The van der Waals surface area contributed by atoms with Gasteiger partial charge in [-0.3, -0.25) is 4.68 Å². The predicted octanol–water partition coefficient (Wildman–Crippen LogP) is 3.31. The van der Waals surface area contributed by atoms with Gasteiger partial charge in [0.1, 0.15) is 17.5 Å². The Morgan fingerprint density at radius 1 is 1.50 bits per heavy atom. The maximum Gasteiger partial charge on any atom is 0.142 e. The highest BCUT2D eigenvalue weighted by Crippen LogP contribution is 2.27. The zero-order valence-electron chi connectivity index (χ0n) is 10.1. The van der Waals surface area contributed by atoms with E-state index in [2.05, 4.69) is 21.0 Å². The molecule has 0 saturated carbocycles. The van der Waals surface area contributed by atoms with E-state index < -0.39 is 0 Å². The number of rotatable bonds is 3. The van der Waals surface area contributed by atoms with Gasteiger partial charge in [-0.25, -0.2) is 0 Å². The Balaban J connectivity index is 2.16. The summed E-state index contributed by atoms with van der Waals surface area (Å²) in [7, 11) is 1.80. The number of nitrogens with two attached hydrogens (primary N) is 1. The fraction of sp³-hybridized carbons (Fsp3) is 0.250. The molecule has 0 saturated heterocycles. The van der Waals surface area contributed by atoms with Gasteiger partial charge in [0.15, 0.2) is 0 Å². The summed E-state index contributed by atoms with van der Waals surface area (Å²) in [4.78, 5) is 0. The summed E-state index contributed by atoms with van der Waals surface area (Å²) in [5.41, 5.74) is 8.18. The molecule has 0 fully saturated rings. The minimum absolute atomic E-state index is 0.352. The van der Waals surface area contributed by atoms with E-state index in [-0.39, 0.29) is 0 Å². The Hall–Kier alpha value is -1.20. The second-order valence-corrected chi connectivity index (χ2v) is 5.22. The van der Waals surface area contributed by atoms with E-state index in [0.29, 0.717) is 23.2 Å². The molecule has 0 aliphatic rings. The standard InChI is InChI=1S/C12H13BrClN3O/c1-7-9(12(14)17(2)16-7)6-18-11-4-3-8(13)5-10(11)15/h3-5H,6,15H2,1-2H3. The minimum Gasteiger partial charge on any atom is -0.487 e. The molecule has 6 heteroatoms. The van der Waals surface area contributed by atoms with Crippen LogP contribution in [0.5, 0.6) is 5.75 Å². The fourth-order valence-electron chi connectivity index (χ4n) is 1.64. The Morgan fingerprint density at radius 3 is 2.78 bits per heavy atom. The Morgan fingerprint density at radius 2 is 2.22 bits per heavy atom. The smallest absolute Gasteiger partial charge is 0.142 e. The van der Waals surface area contributed by atoms with Crippen molar-refractivity contribution >= 4 is 33.2 Å². The summed E-state index contributed by atoms with van der Waals surface area (Å²) in [5, 5.41) is 4.81. The lowest BCUT2D eigenvalue weighted by atomic mass is 10.2. The molecule has 4 nitrogen and oxygen atoms in total. The van der Waals surface area contributed by atoms with Crippen molar-refractivity contribution in [1.82, 2.24) is 9.78 Å². The number of hydrogen-bond donors (Lipinski definition) is 1. The van der Waals surface area contributed by atoms with E-state index in [1.165, 1.54) is 0 Å². The van der Waals surface area contributed by atoms with Crippen molar-refractivity contribution in [3.63, 3.8) is 0 Å². The third kappa shape index (κ3) is 2.62. The van der Waals surface area contributed by atoms with Crippen LogP contribution in [0.25, 0.3) is 0 Å². The van der Waals surface area contributed by atoms with Crippen molar-refractivity contribution in [3.8, 4) is 5.75 Å². The molecule has 1 heterocycles. The first-order valence-corrected chi connectivity index (χ1v) is 6.52. The molecular formula is C12H13BrClN3O. The molecule has 0 radical (unpaired) electrons. The van der Waals surface area contributed by atoms with Gasteiger partial charge >= 0.3 is 0 Å². The van der Waals surface area contributed by atoms with Crippen LogP contribution >= 0.6 is 27.5 Å². The van der Waals surface area contributed by atoms with Crippen LogP contribution in [-0.4, -0.2) is 9.78 Å². The van der Waals surface area contributed by atoms with Gasteiger partial charge in [0.05, 0.1) is 11.4 Å². The zero-order valence-corrected chi connectivity index (χ0v) is 12.4. The van der Waals surface area contributed by atoms with E-state index in [0.717, 1.165) is 15.7 Å². The van der Waals surface area contributed by atoms with Crippen LogP contribution in [0.2, 0.25) is 5.15 Å². The lowest BCUT2D eigenvalue weighted by Crippen LogP contribution is -2.00. The summed E-state index contributed by atoms with van der Waals surface area (Å²) in [5.74, 6) is 0.637. The van der Waals surface area contributed by atoms with Crippen molar-refractivity contribution in [2.45, 2.75) is 13.5 Å². The third-order valence-electron chi connectivity index (χ3n) is 2.61. The van der Waals surface area contributed by atoms with E-state index >= 15 is 0 Å². The summed E-state index contributed by atoms with van der Waals surface area (Å²) in [6, 6.07) is 5.50. The largest absolute Gasteiger partial charge is 0.487 e. The number of anilines is 1. The highest BCUT2D eigenvalue weighted by molar-refractivity contribution is 9.10. The number of nitrogens with zero attached hydrogens (tertiary/aromatic N) is 2. The Kier molecular flexibility index (Phi) is 3.82. The molecule has 0 amide bonds. The average Bonchev–Trinajstić information content (AvgIpc) is 2.53. The fourth-order valence-corrected chi connectivity index (χ4v) is 2.25. The van der Waals surface area contributed by atoms with Gasteiger partial charge in [-0.05, 0) is 25.1 Å². The summed E-state index contributed by atoms with van der Waals surface area (Å²) in [6.07, 6.45) is 0. The number of aryl methyl sites for hydroxylation is 2. The SMILES string of the molecule is Cc1nn(C)c(Cl)c1COc1ccc(Br)cc1N. The van der Waals surface area contributed by atoms with Gasteiger partial charge < -0.3 is 10.5 Å². The van der Waals surface area contributed by atoms with E-state index in [1.54, 1.807) is 17.8 Å². The molecule has 0 spiro atoms. The van der Waals surface area contributed by atoms with Crippen LogP contribution in [0.4, 0.5) is 5.69 Å². The number of nitrogen functional groups attached to an aromatic ring is 1. The number of benzene rings is 1. The van der Waals surface area contributed by atoms with E-state index in [1.807, 2.05) is 19.1 Å². The Labute approximate surface area is 119 Å². The van der Waals surface area contributed by atoms with Gasteiger partial charge in [0.2, 0.25) is 0 Å². The second kappa shape index (κ2) is 5.20. The predicted molar refractivity (Wildman–Crippen MR) is 75.8 cm³/mol. The van der Waals surface area contributed by atoms with Gasteiger partial charge in [-0.1, -0.05) is 27.5 Å². The summed E-state index contributed by atoms with van der Waals surface area (Å²) >= 11 is 9.48. The highest BCUT2D eigenvalue weighted by atomic mass is 79.9. The zero-order chi connectivity index (χ0) is 13.3. The molecule has 0 aliphatic carbocycles. The number of ether oxygens (including phenoxy) is 1. The summed E-state index contributed by atoms with van der Waals surface area (Å²) < 4.78 is 8.21. The van der Waals surface area contributed by atoms with Crippen LogP contribution in [-0.2, 0) is 13.7 Å². The molecule has 2 rings (SSSR count). The maximum absolute atomic E-state index is 6.13. The molecule has 0 atom stereocenters. The molecule has 96 valence electrons. The van der Waals surface area contributed by atoms with Gasteiger partial charge in [0.25, 0.3) is 0 Å². The van der Waals surface area contributed by atoms with Crippen molar-refractivity contribution in [2.75, 3.05) is 5.73 Å². The molecule has 18 heavy (non-hydrogen) atoms. The van der Waals surface area contributed by atoms with Crippen LogP contribution in [0, 0.1) is 6.92 Å². The molecule has 1 aromatic carbocycles. The number of aromatic nitrogens is 2. The molecule has 0 bridgehead atoms. The first kappa shape index (κ1) is 13.2. The van der Waals surface area contributed by atoms with Crippen molar-refractivity contribution < 1.29 is 4.74 Å². The molecule has 2 aromatic rings. The molecule has 0 aliphatic heterocycles. The van der Waals surface area contributed by atoms with Crippen LogP contribution in [0.3, 0.4) is 0 Å². The lowest BCUT2D eigenvalue weighted by Gasteiger charge is -2.09. The normalized spacial score (nSPS) is 10.7.